The third-order valence-corrected chi connectivity index (χ3v) is 4.18. The predicted molar refractivity (Wildman–Crippen MR) is 73.2 cm³/mol. The van der Waals surface area contributed by atoms with Crippen molar-refractivity contribution >= 4 is 22.9 Å². The molecule has 2 aromatic rings. The lowest BCUT2D eigenvalue weighted by Gasteiger charge is -2.05. The summed E-state index contributed by atoms with van der Waals surface area (Å²) >= 11 is 7.66. The zero-order valence-electron chi connectivity index (χ0n) is 10.1. The van der Waals surface area contributed by atoms with E-state index in [4.69, 9.17) is 16.3 Å². The lowest BCUT2D eigenvalue weighted by atomic mass is 10.2. The third kappa shape index (κ3) is 2.45. The second kappa shape index (κ2) is 5.07. The molecule has 0 bridgehead atoms. The molecular formula is C13H14ClNOS. The Morgan fingerprint density at radius 1 is 1.41 bits per heavy atom. The van der Waals surface area contributed by atoms with Gasteiger partial charge in [0.25, 0.3) is 0 Å². The molecule has 2 nitrogen and oxygen atoms in total. The van der Waals surface area contributed by atoms with E-state index in [-0.39, 0.29) is 0 Å². The summed E-state index contributed by atoms with van der Waals surface area (Å²) in [7, 11) is 1.65. The number of ether oxygens (including phenoxy) is 1. The van der Waals surface area contributed by atoms with Crippen LogP contribution in [0, 0.1) is 6.92 Å². The fraction of sp³-hybridized carbons (Fsp3) is 0.308. The van der Waals surface area contributed by atoms with Gasteiger partial charge in [-0.15, -0.1) is 11.3 Å². The van der Waals surface area contributed by atoms with E-state index in [9.17, 15) is 0 Å². The second-order valence-corrected chi connectivity index (χ2v) is 5.25. The van der Waals surface area contributed by atoms with E-state index < -0.39 is 0 Å². The van der Waals surface area contributed by atoms with Gasteiger partial charge in [0.2, 0.25) is 0 Å². The molecule has 2 rings (SSSR count). The fourth-order valence-electron chi connectivity index (χ4n) is 1.71. The van der Waals surface area contributed by atoms with Crippen molar-refractivity contribution in [3.8, 4) is 16.3 Å². The van der Waals surface area contributed by atoms with Gasteiger partial charge in [0.05, 0.1) is 18.4 Å². The molecule has 90 valence electrons. The number of hydrogen-bond acceptors (Lipinski definition) is 3. The van der Waals surface area contributed by atoms with Crippen LogP contribution in [0.2, 0.25) is 5.02 Å². The number of halogens is 1. The molecule has 0 N–H and O–H groups in total. The summed E-state index contributed by atoms with van der Waals surface area (Å²) in [4.78, 5) is 5.90. The van der Waals surface area contributed by atoms with Crippen molar-refractivity contribution in [1.82, 2.24) is 4.98 Å². The van der Waals surface area contributed by atoms with E-state index in [1.54, 1.807) is 18.4 Å². The van der Waals surface area contributed by atoms with Crippen LogP contribution in [0.3, 0.4) is 0 Å². The minimum atomic E-state index is 0.676. The first-order chi connectivity index (χ1) is 8.15. The average molecular weight is 268 g/mol. The monoisotopic (exact) mass is 267 g/mol. The van der Waals surface area contributed by atoms with Crippen LogP contribution in [0.5, 0.6) is 5.75 Å². The van der Waals surface area contributed by atoms with E-state index in [1.807, 2.05) is 25.1 Å². The molecule has 0 aliphatic heterocycles. The Morgan fingerprint density at radius 3 is 2.76 bits per heavy atom. The highest BCUT2D eigenvalue weighted by Crippen LogP contribution is 2.36. The number of rotatable bonds is 3. The summed E-state index contributed by atoms with van der Waals surface area (Å²) < 4.78 is 5.35. The van der Waals surface area contributed by atoms with Crippen LogP contribution in [0.25, 0.3) is 10.6 Å². The number of aromatic nitrogens is 1. The molecule has 17 heavy (non-hydrogen) atoms. The lowest BCUT2D eigenvalue weighted by molar-refractivity contribution is 0.416. The SMILES string of the molecule is CCc1sc(-c2ccc(Cl)cc2OC)nc1C. The van der Waals surface area contributed by atoms with Gasteiger partial charge >= 0.3 is 0 Å². The van der Waals surface area contributed by atoms with Crippen molar-refractivity contribution in [2.75, 3.05) is 7.11 Å². The van der Waals surface area contributed by atoms with Gasteiger partial charge in [-0.05, 0) is 31.5 Å². The average Bonchev–Trinajstić information content (AvgIpc) is 2.70. The normalized spacial score (nSPS) is 10.6. The number of hydrogen-bond donors (Lipinski definition) is 0. The molecule has 0 aliphatic carbocycles. The van der Waals surface area contributed by atoms with E-state index in [0.717, 1.165) is 28.4 Å². The van der Waals surface area contributed by atoms with E-state index in [1.165, 1.54) is 4.88 Å². The molecule has 4 heteroatoms. The highest BCUT2D eigenvalue weighted by Gasteiger charge is 2.12. The molecule has 1 aromatic carbocycles. The quantitative estimate of drug-likeness (QED) is 0.825. The van der Waals surface area contributed by atoms with Crippen LogP contribution in [-0.4, -0.2) is 12.1 Å². The molecular weight excluding hydrogens is 254 g/mol. The van der Waals surface area contributed by atoms with Crippen molar-refractivity contribution < 1.29 is 4.74 Å². The van der Waals surface area contributed by atoms with Gasteiger partial charge in [0.1, 0.15) is 10.8 Å². The minimum Gasteiger partial charge on any atom is -0.496 e. The Morgan fingerprint density at radius 2 is 2.18 bits per heavy atom. The Balaban J connectivity index is 2.51. The molecule has 1 heterocycles. The first-order valence-corrected chi connectivity index (χ1v) is 6.65. The number of benzene rings is 1. The molecule has 0 amide bonds. The lowest BCUT2D eigenvalue weighted by Crippen LogP contribution is -1.87. The van der Waals surface area contributed by atoms with E-state index >= 15 is 0 Å². The van der Waals surface area contributed by atoms with Gasteiger partial charge in [-0.25, -0.2) is 4.98 Å². The number of nitrogens with zero attached hydrogens (tertiary/aromatic N) is 1. The van der Waals surface area contributed by atoms with Crippen molar-refractivity contribution in [3.05, 3.63) is 33.8 Å². The molecule has 0 aliphatic rings. The van der Waals surface area contributed by atoms with Crippen molar-refractivity contribution in [2.24, 2.45) is 0 Å². The Bertz CT molecular complexity index is 536. The number of thiazole rings is 1. The highest BCUT2D eigenvalue weighted by atomic mass is 35.5. The summed E-state index contributed by atoms with van der Waals surface area (Å²) in [5, 5.41) is 1.67. The first kappa shape index (κ1) is 12.4. The van der Waals surface area contributed by atoms with Crippen LogP contribution >= 0.6 is 22.9 Å². The largest absolute Gasteiger partial charge is 0.496 e. The number of methoxy groups -OCH3 is 1. The zero-order valence-corrected chi connectivity index (χ0v) is 11.7. The molecule has 1 aromatic heterocycles. The topological polar surface area (TPSA) is 22.1 Å². The highest BCUT2D eigenvalue weighted by molar-refractivity contribution is 7.15. The van der Waals surface area contributed by atoms with Gasteiger partial charge < -0.3 is 4.74 Å². The molecule has 0 radical (unpaired) electrons. The van der Waals surface area contributed by atoms with Crippen LogP contribution in [-0.2, 0) is 6.42 Å². The van der Waals surface area contributed by atoms with Gasteiger partial charge in [0, 0.05) is 9.90 Å². The van der Waals surface area contributed by atoms with Crippen molar-refractivity contribution in [1.29, 1.82) is 0 Å². The predicted octanol–water partition coefficient (Wildman–Crippen LogP) is 4.34. The maximum absolute atomic E-state index is 5.95. The van der Waals surface area contributed by atoms with Crippen LogP contribution in [0.1, 0.15) is 17.5 Å². The van der Waals surface area contributed by atoms with E-state index in [0.29, 0.717) is 5.02 Å². The summed E-state index contributed by atoms with van der Waals surface area (Å²) in [6.45, 7) is 4.19. The Labute approximate surface area is 110 Å². The van der Waals surface area contributed by atoms with Crippen molar-refractivity contribution in [2.45, 2.75) is 20.3 Å². The Hall–Kier alpha value is -1.06. The fourth-order valence-corrected chi connectivity index (χ4v) is 2.91. The maximum Gasteiger partial charge on any atom is 0.130 e. The van der Waals surface area contributed by atoms with Crippen LogP contribution in [0.15, 0.2) is 18.2 Å². The molecule has 0 spiro atoms. The van der Waals surface area contributed by atoms with Gasteiger partial charge in [-0.3, -0.25) is 0 Å². The summed E-state index contributed by atoms with van der Waals surface area (Å²) in [5.74, 6) is 0.772. The summed E-state index contributed by atoms with van der Waals surface area (Å²) in [6.07, 6.45) is 1.01. The summed E-state index contributed by atoms with van der Waals surface area (Å²) in [5.41, 5.74) is 2.11. The van der Waals surface area contributed by atoms with Crippen LogP contribution in [0.4, 0.5) is 0 Å². The van der Waals surface area contributed by atoms with Crippen LogP contribution < -0.4 is 4.74 Å². The maximum atomic E-state index is 5.95. The third-order valence-electron chi connectivity index (χ3n) is 2.61. The molecule has 0 atom stereocenters. The Kier molecular flexibility index (Phi) is 3.69. The molecule has 0 saturated carbocycles. The molecule has 0 saturated heterocycles. The van der Waals surface area contributed by atoms with Gasteiger partial charge in [0.15, 0.2) is 0 Å². The first-order valence-electron chi connectivity index (χ1n) is 5.46. The van der Waals surface area contributed by atoms with Gasteiger partial charge in [-0.2, -0.15) is 0 Å². The van der Waals surface area contributed by atoms with E-state index in [2.05, 4.69) is 11.9 Å². The van der Waals surface area contributed by atoms with Crippen molar-refractivity contribution in [3.63, 3.8) is 0 Å². The molecule has 0 fully saturated rings. The number of aryl methyl sites for hydroxylation is 2. The minimum absolute atomic E-state index is 0.676. The zero-order chi connectivity index (χ0) is 12.4. The smallest absolute Gasteiger partial charge is 0.130 e. The molecule has 0 unspecified atom stereocenters. The van der Waals surface area contributed by atoms with Gasteiger partial charge in [-0.1, -0.05) is 18.5 Å². The second-order valence-electron chi connectivity index (χ2n) is 3.73. The standard InChI is InChI=1S/C13H14ClNOS/c1-4-12-8(2)15-13(17-12)10-6-5-9(14)7-11(10)16-3/h5-7H,4H2,1-3H3. The summed E-state index contributed by atoms with van der Waals surface area (Å²) in [6, 6.07) is 5.64.